The molecule has 29 heavy (non-hydrogen) atoms. The summed E-state index contributed by atoms with van der Waals surface area (Å²) >= 11 is 7.20. The number of furan rings is 1. The van der Waals surface area contributed by atoms with Gasteiger partial charge >= 0.3 is 0 Å². The molecule has 144 valence electrons. The first kappa shape index (κ1) is 18.9. The average Bonchev–Trinajstić information content (AvgIpc) is 3.38. The number of carbonyl (C=O) groups excluding carboxylic acids is 1. The number of nitro benzene ring substituents is 1. The lowest BCUT2D eigenvalue weighted by atomic mass is 10.1. The molecule has 1 N–H and O–H groups in total. The molecule has 4 aromatic rings. The first-order chi connectivity index (χ1) is 14.0. The molecule has 0 spiro atoms. The zero-order valence-corrected chi connectivity index (χ0v) is 16.2. The average molecular weight is 426 g/mol. The molecule has 0 saturated carbocycles. The Morgan fingerprint density at radius 2 is 1.90 bits per heavy atom. The second kappa shape index (κ2) is 7.86. The van der Waals surface area contributed by atoms with Crippen LogP contribution in [0, 0.1) is 10.1 Å². The summed E-state index contributed by atoms with van der Waals surface area (Å²) in [6.45, 7) is 0. The number of nitrogens with zero attached hydrogens (tertiary/aromatic N) is 2. The van der Waals surface area contributed by atoms with E-state index in [2.05, 4.69) is 10.3 Å². The van der Waals surface area contributed by atoms with Crippen molar-refractivity contribution in [3.63, 3.8) is 0 Å². The molecule has 7 nitrogen and oxygen atoms in total. The van der Waals surface area contributed by atoms with Crippen LogP contribution in [0.3, 0.4) is 0 Å². The number of non-ortho nitro benzene ring substituents is 1. The molecule has 0 bridgehead atoms. The van der Waals surface area contributed by atoms with Gasteiger partial charge in [0.25, 0.3) is 11.6 Å². The number of hydrogen-bond acceptors (Lipinski definition) is 6. The third kappa shape index (κ3) is 4.18. The SMILES string of the molecule is O=C(Nc1nc(-c2cccc([N+](=O)[O-])c2)cs1)c1ccc(-c2cccc(Cl)c2)o1. The number of halogens is 1. The van der Waals surface area contributed by atoms with E-state index in [1.165, 1.54) is 23.5 Å². The van der Waals surface area contributed by atoms with Gasteiger partial charge in [0.2, 0.25) is 0 Å². The number of thiazole rings is 1. The number of hydrogen-bond donors (Lipinski definition) is 1. The van der Waals surface area contributed by atoms with Crippen molar-refractivity contribution in [2.45, 2.75) is 0 Å². The van der Waals surface area contributed by atoms with Crippen molar-refractivity contribution in [2.75, 3.05) is 5.32 Å². The van der Waals surface area contributed by atoms with Gasteiger partial charge in [-0.1, -0.05) is 35.9 Å². The fourth-order valence-corrected chi connectivity index (χ4v) is 3.56. The van der Waals surface area contributed by atoms with Crippen LogP contribution in [0.15, 0.2) is 70.5 Å². The quantitative estimate of drug-likeness (QED) is 0.318. The Kier molecular flexibility index (Phi) is 5.11. The number of nitro groups is 1. The fourth-order valence-electron chi connectivity index (χ4n) is 2.66. The summed E-state index contributed by atoms with van der Waals surface area (Å²) in [5.41, 5.74) is 1.87. The highest BCUT2D eigenvalue weighted by atomic mass is 35.5. The van der Waals surface area contributed by atoms with Crippen molar-refractivity contribution in [2.24, 2.45) is 0 Å². The molecule has 4 rings (SSSR count). The molecule has 2 aromatic carbocycles. The fraction of sp³-hybridized carbons (Fsp3) is 0. The molecule has 2 aromatic heterocycles. The van der Waals surface area contributed by atoms with E-state index in [0.29, 0.717) is 27.2 Å². The number of benzene rings is 2. The minimum absolute atomic E-state index is 0.0229. The largest absolute Gasteiger partial charge is 0.451 e. The van der Waals surface area contributed by atoms with Gasteiger partial charge in [-0.25, -0.2) is 4.98 Å². The van der Waals surface area contributed by atoms with Crippen LogP contribution in [-0.2, 0) is 0 Å². The van der Waals surface area contributed by atoms with Gasteiger partial charge in [0.1, 0.15) is 5.76 Å². The van der Waals surface area contributed by atoms with E-state index in [4.69, 9.17) is 16.0 Å². The summed E-state index contributed by atoms with van der Waals surface area (Å²) in [7, 11) is 0. The third-order valence-electron chi connectivity index (χ3n) is 4.02. The number of carbonyl (C=O) groups is 1. The highest BCUT2D eigenvalue weighted by Gasteiger charge is 2.15. The van der Waals surface area contributed by atoms with Gasteiger partial charge in [-0.15, -0.1) is 11.3 Å². The van der Waals surface area contributed by atoms with Gasteiger partial charge in [-0.05, 0) is 24.3 Å². The topological polar surface area (TPSA) is 98.3 Å². The number of aromatic nitrogens is 1. The molecule has 0 aliphatic rings. The van der Waals surface area contributed by atoms with Crippen molar-refractivity contribution in [1.29, 1.82) is 0 Å². The Balaban J connectivity index is 1.50. The van der Waals surface area contributed by atoms with Gasteiger partial charge in [0, 0.05) is 33.7 Å². The monoisotopic (exact) mass is 425 g/mol. The minimum Gasteiger partial charge on any atom is -0.451 e. The summed E-state index contributed by atoms with van der Waals surface area (Å²) in [5, 5.41) is 16.3. The van der Waals surface area contributed by atoms with Crippen LogP contribution in [0.1, 0.15) is 10.6 Å². The molecule has 0 atom stereocenters. The normalized spacial score (nSPS) is 10.7. The molecule has 0 saturated heterocycles. The number of amides is 1. The van der Waals surface area contributed by atoms with Crippen LogP contribution in [0.2, 0.25) is 5.02 Å². The number of nitrogens with one attached hydrogen (secondary N) is 1. The van der Waals surface area contributed by atoms with E-state index in [0.717, 1.165) is 5.56 Å². The van der Waals surface area contributed by atoms with E-state index in [-0.39, 0.29) is 11.4 Å². The Labute approximate surface area is 173 Å². The maximum Gasteiger partial charge on any atom is 0.293 e. The smallest absolute Gasteiger partial charge is 0.293 e. The molecule has 0 aliphatic carbocycles. The van der Waals surface area contributed by atoms with Crippen LogP contribution in [0.5, 0.6) is 0 Å². The predicted octanol–water partition coefficient (Wildman–Crippen LogP) is 5.88. The summed E-state index contributed by atoms with van der Waals surface area (Å²) < 4.78 is 5.62. The maximum atomic E-state index is 12.5. The molecule has 0 radical (unpaired) electrons. The van der Waals surface area contributed by atoms with E-state index < -0.39 is 10.8 Å². The van der Waals surface area contributed by atoms with Crippen LogP contribution >= 0.6 is 22.9 Å². The van der Waals surface area contributed by atoms with Gasteiger partial charge in [0.15, 0.2) is 10.9 Å². The van der Waals surface area contributed by atoms with E-state index >= 15 is 0 Å². The van der Waals surface area contributed by atoms with E-state index in [9.17, 15) is 14.9 Å². The number of rotatable bonds is 5. The van der Waals surface area contributed by atoms with Gasteiger partial charge in [-0.2, -0.15) is 0 Å². The summed E-state index contributed by atoms with van der Waals surface area (Å²) in [5.74, 6) is 0.208. The first-order valence-corrected chi connectivity index (χ1v) is 9.63. The van der Waals surface area contributed by atoms with Crippen molar-refractivity contribution in [3.8, 4) is 22.6 Å². The Morgan fingerprint density at radius 3 is 2.69 bits per heavy atom. The molecule has 2 heterocycles. The molecule has 0 fully saturated rings. The summed E-state index contributed by atoms with van der Waals surface area (Å²) in [6, 6.07) is 16.5. The number of anilines is 1. The predicted molar refractivity (Wildman–Crippen MR) is 111 cm³/mol. The van der Waals surface area contributed by atoms with Gasteiger partial charge in [-0.3, -0.25) is 20.2 Å². The Hall–Kier alpha value is -3.49. The van der Waals surface area contributed by atoms with E-state index in [1.54, 1.807) is 47.8 Å². The Morgan fingerprint density at radius 1 is 1.10 bits per heavy atom. The van der Waals surface area contributed by atoms with Crippen LogP contribution < -0.4 is 5.32 Å². The highest BCUT2D eigenvalue weighted by molar-refractivity contribution is 7.14. The van der Waals surface area contributed by atoms with Crippen LogP contribution in [0.25, 0.3) is 22.6 Å². The lowest BCUT2D eigenvalue weighted by molar-refractivity contribution is -0.384. The van der Waals surface area contributed by atoms with Crippen molar-refractivity contribution in [1.82, 2.24) is 4.98 Å². The summed E-state index contributed by atoms with van der Waals surface area (Å²) in [4.78, 5) is 27.3. The first-order valence-electron chi connectivity index (χ1n) is 8.37. The molecule has 1 amide bonds. The summed E-state index contributed by atoms with van der Waals surface area (Å²) in [6.07, 6.45) is 0. The molecule has 9 heteroatoms. The minimum atomic E-state index is -0.465. The second-order valence-electron chi connectivity index (χ2n) is 5.97. The lowest BCUT2D eigenvalue weighted by Gasteiger charge is -2.00. The van der Waals surface area contributed by atoms with Crippen molar-refractivity contribution in [3.05, 3.63) is 86.9 Å². The van der Waals surface area contributed by atoms with Gasteiger partial charge < -0.3 is 4.42 Å². The van der Waals surface area contributed by atoms with Crippen LogP contribution in [0.4, 0.5) is 10.8 Å². The van der Waals surface area contributed by atoms with Gasteiger partial charge in [0.05, 0.1) is 10.6 Å². The lowest BCUT2D eigenvalue weighted by Crippen LogP contribution is -2.10. The molecule has 0 unspecified atom stereocenters. The van der Waals surface area contributed by atoms with E-state index in [1.807, 2.05) is 6.07 Å². The van der Waals surface area contributed by atoms with Crippen molar-refractivity contribution < 1.29 is 14.1 Å². The Bertz CT molecular complexity index is 1220. The standard InChI is InChI=1S/C20H12ClN3O4S/c21-14-5-1-4-13(9-14)17-7-8-18(28-17)19(25)23-20-22-16(11-29-20)12-3-2-6-15(10-12)24(26)27/h1-11H,(H,22,23,25). The molecular weight excluding hydrogens is 414 g/mol. The third-order valence-corrected chi connectivity index (χ3v) is 5.01. The molecule has 0 aliphatic heterocycles. The zero-order chi connectivity index (χ0) is 20.4. The van der Waals surface area contributed by atoms with Crippen LogP contribution in [-0.4, -0.2) is 15.8 Å². The molecular formula is C20H12ClN3O4S. The second-order valence-corrected chi connectivity index (χ2v) is 7.27. The van der Waals surface area contributed by atoms with Crippen molar-refractivity contribution >= 4 is 39.7 Å². The highest BCUT2D eigenvalue weighted by Crippen LogP contribution is 2.29. The zero-order valence-electron chi connectivity index (χ0n) is 14.7. The maximum absolute atomic E-state index is 12.5.